The van der Waals surface area contributed by atoms with Gasteiger partial charge in [0.1, 0.15) is 5.56 Å². The number of rotatable bonds is 7. The molecule has 0 bridgehead atoms. The third-order valence-electron chi connectivity index (χ3n) is 3.50. The number of hydrogen-bond acceptors (Lipinski definition) is 5. The molecule has 0 saturated carbocycles. The molecule has 0 heterocycles. The number of para-hydroxylation sites is 1. The summed E-state index contributed by atoms with van der Waals surface area (Å²) in [6.45, 7) is 9.35. The maximum Gasteiger partial charge on any atom is 0.282 e. The molecule has 0 aromatic heterocycles. The normalized spacial score (nSPS) is 11.6. The third kappa shape index (κ3) is 5.66. The average Bonchev–Trinajstić information content (AvgIpc) is 2.51. The van der Waals surface area contributed by atoms with E-state index < -0.39 is 10.8 Å². The second kappa shape index (κ2) is 8.91. The van der Waals surface area contributed by atoms with E-state index in [1.807, 2.05) is 27.7 Å². The number of nitrogens with zero attached hydrogens (tertiary/aromatic N) is 3. The van der Waals surface area contributed by atoms with E-state index in [2.05, 4.69) is 10.5 Å². The van der Waals surface area contributed by atoms with Gasteiger partial charge in [0.2, 0.25) is 5.91 Å². The highest BCUT2D eigenvalue weighted by molar-refractivity contribution is 6.02. The highest BCUT2D eigenvalue weighted by Crippen LogP contribution is 2.17. The summed E-state index contributed by atoms with van der Waals surface area (Å²) in [5.74, 6) is -0.783. The number of nitrogens with one attached hydrogen (secondary N) is 1. The fourth-order valence-electron chi connectivity index (χ4n) is 2.55. The molecule has 0 radical (unpaired) electrons. The van der Waals surface area contributed by atoms with Crippen molar-refractivity contribution in [3.8, 4) is 0 Å². The molecule has 2 amide bonds. The Hall–Kier alpha value is -2.77. The van der Waals surface area contributed by atoms with Crippen LogP contribution in [0.5, 0.6) is 0 Å². The molecule has 0 saturated heterocycles. The van der Waals surface area contributed by atoms with Gasteiger partial charge in [-0.25, -0.2) is 5.43 Å². The van der Waals surface area contributed by atoms with Crippen molar-refractivity contribution in [2.75, 3.05) is 0 Å². The van der Waals surface area contributed by atoms with Gasteiger partial charge < -0.3 is 4.90 Å². The number of carbonyl (C=O) groups excluding carboxylic acids is 2. The van der Waals surface area contributed by atoms with Crippen LogP contribution in [0, 0.1) is 10.1 Å². The molecule has 0 aliphatic carbocycles. The van der Waals surface area contributed by atoms with E-state index in [9.17, 15) is 19.7 Å². The predicted octanol–water partition coefficient (Wildman–Crippen LogP) is 2.74. The molecule has 0 unspecified atom stereocenters. The molecule has 136 valence electrons. The van der Waals surface area contributed by atoms with Crippen LogP contribution in [-0.2, 0) is 4.79 Å². The molecule has 1 rings (SSSR count). The van der Waals surface area contributed by atoms with Crippen molar-refractivity contribution in [2.24, 2.45) is 5.10 Å². The number of carbonyl (C=O) groups is 2. The lowest BCUT2D eigenvalue weighted by Crippen LogP contribution is -2.42. The zero-order chi connectivity index (χ0) is 19.1. The average molecular weight is 348 g/mol. The third-order valence-corrected chi connectivity index (χ3v) is 3.50. The standard InChI is InChI=1S/C17H24N4O4/c1-11(2)20(12(3)4)16(22)10-13(5)18-19-17(23)14-8-6-7-9-15(14)21(24)25/h6-9,11-12H,10H2,1-5H3,(H,19,23). The highest BCUT2D eigenvalue weighted by Gasteiger charge is 2.21. The molecule has 8 heteroatoms. The topological polar surface area (TPSA) is 105 Å². The van der Waals surface area contributed by atoms with E-state index in [0.29, 0.717) is 5.71 Å². The number of nitro benzene ring substituents is 1. The zero-order valence-electron chi connectivity index (χ0n) is 15.1. The maximum atomic E-state index is 12.3. The Balaban J connectivity index is 2.80. The fraction of sp³-hybridized carbons (Fsp3) is 0.471. The molecular weight excluding hydrogens is 324 g/mol. The number of benzene rings is 1. The number of nitro groups is 1. The minimum absolute atomic E-state index is 0.0573. The molecule has 1 N–H and O–H groups in total. The molecule has 8 nitrogen and oxygen atoms in total. The van der Waals surface area contributed by atoms with Crippen molar-refractivity contribution >= 4 is 23.2 Å². The van der Waals surface area contributed by atoms with Gasteiger partial charge in [0, 0.05) is 23.9 Å². The Bertz CT molecular complexity index is 675. The van der Waals surface area contributed by atoms with Crippen molar-refractivity contribution in [3.63, 3.8) is 0 Å². The molecule has 1 aromatic rings. The lowest BCUT2D eigenvalue weighted by Gasteiger charge is -2.30. The summed E-state index contributed by atoms with van der Waals surface area (Å²) in [7, 11) is 0. The van der Waals surface area contributed by atoms with Crippen LogP contribution in [0.2, 0.25) is 0 Å². The molecule has 1 aromatic carbocycles. The van der Waals surface area contributed by atoms with Gasteiger partial charge in [-0.2, -0.15) is 5.10 Å². The van der Waals surface area contributed by atoms with Gasteiger partial charge >= 0.3 is 0 Å². The van der Waals surface area contributed by atoms with Crippen LogP contribution in [0.15, 0.2) is 29.4 Å². The molecule has 0 spiro atoms. The van der Waals surface area contributed by atoms with E-state index in [-0.39, 0.29) is 35.7 Å². The van der Waals surface area contributed by atoms with E-state index in [1.54, 1.807) is 11.8 Å². The highest BCUT2D eigenvalue weighted by atomic mass is 16.6. The molecule has 0 aliphatic rings. The Kier molecular flexibility index (Phi) is 7.22. The van der Waals surface area contributed by atoms with Gasteiger partial charge in [-0.15, -0.1) is 0 Å². The van der Waals surface area contributed by atoms with E-state index in [1.165, 1.54) is 24.3 Å². The fourth-order valence-corrected chi connectivity index (χ4v) is 2.55. The first-order chi connectivity index (χ1) is 11.6. The molecule has 0 atom stereocenters. The van der Waals surface area contributed by atoms with Crippen molar-refractivity contribution < 1.29 is 14.5 Å². The summed E-state index contributed by atoms with van der Waals surface area (Å²) in [4.78, 5) is 36.5. The van der Waals surface area contributed by atoms with Crippen LogP contribution in [0.3, 0.4) is 0 Å². The summed E-state index contributed by atoms with van der Waals surface area (Å²) in [5, 5.41) is 14.8. The minimum Gasteiger partial charge on any atom is -0.338 e. The minimum atomic E-state index is -0.691. The second-order valence-electron chi connectivity index (χ2n) is 6.23. The zero-order valence-corrected chi connectivity index (χ0v) is 15.1. The van der Waals surface area contributed by atoms with Crippen molar-refractivity contribution in [3.05, 3.63) is 39.9 Å². The smallest absolute Gasteiger partial charge is 0.282 e. The summed E-state index contributed by atoms with van der Waals surface area (Å²) in [5.41, 5.74) is 2.31. The summed E-state index contributed by atoms with van der Waals surface area (Å²) in [6.07, 6.45) is 0.0630. The SMILES string of the molecule is CC(CC(=O)N(C(C)C)C(C)C)=NNC(=O)c1ccccc1[N+](=O)[O-]. The summed E-state index contributed by atoms with van der Waals surface area (Å²) in [6, 6.07) is 5.73. The summed E-state index contributed by atoms with van der Waals surface area (Å²) < 4.78 is 0. The van der Waals surface area contributed by atoms with Crippen LogP contribution < -0.4 is 5.43 Å². The Morgan fingerprint density at radius 2 is 1.76 bits per heavy atom. The summed E-state index contributed by atoms with van der Waals surface area (Å²) >= 11 is 0. The van der Waals surface area contributed by atoms with Gasteiger partial charge in [0.15, 0.2) is 0 Å². The van der Waals surface area contributed by atoms with Crippen LogP contribution in [0.4, 0.5) is 5.69 Å². The van der Waals surface area contributed by atoms with Crippen LogP contribution in [0.1, 0.15) is 51.4 Å². The van der Waals surface area contributed by atoms with Crippen molar-refractivity contribution in [1.29, 1.82) is 0 Å². The quantitative estimate of drug-likeness (QED) is 0.464. The molecule has 0 fully saturated rings. The first-order valence-corrected chi connectivity index (χ1v) is 8.03. The lowest BCUT2D eigenvalue weighted by atomic mass is 10.1. The monoisotopic (exact) mass is 348 g/mol. The Morgan fingerprint density at radius 3 is 2.28 bits per heavy atom. The van der Waals surface area contributed by atoms with Crippen molar-refractivity contribution in [1.82, 2.24) is 10.3 Å². The number of hydrazone groups is 1. The number of amides is 2. The van der Waals surface area contributed by atoms with Gasteiger partial charge in [0.05, 0.1) is 11.3 Å². The molecule has 25 heavy (non-hydrogen) atoms. The predicted molar refractivity (Wildman–Crippen MR) is 95.4 cm³/mol. The van der Waals surface area contributed by atoms with Crippen molar-refractivity contribution in [2.45, 2.75) is 53.1 Å². The van der Waals surface area contributed by atoms with Gasteiger partial charge in [0.25, 0.3) is 11.6 Å². The van der Waals surface area contributed by atoms with Gasteiger partial charge in [-0.05, 0) is 40.7 Å². The van der Waals surface area contributed by atoms with Crippen LogP contribution >= 0.6 is 0 Å². The Morgan fingerprint density at radius 1 is 1.20 bits per heavy atom. The van der Waals surface area contributed by atoms with Gasteiger partial charge in [-0.3, -0.25) is 19.7 Å². The first kappa shape index (κ1) is 20.3. The largest absolute Gasteiger partial charge is 0.338 e. The Labute approximate surface area is 147 Å². The first-order valence-electron chi connectivity index (χ1n) is 8.03. The number of hydrogen-bond donors (Lipinski definition) is 1. The van der Waals surface area contributed by atoms with Crippen LogP contribution in [0.25, 0.3) is 0 Å². The molecule has 0 aliphatic heterocycles. The maximum absolute atomic E-state index is 12.3. The lowest BCUT2D eigenvalue weighted by molar-refractivity contribution is -0.385. The molecular formula is C17H24N4O4. The van der Waals surface area contributed by atoms with Gasteiger partial charge in [-0.1, -0.05) is 12.1 Å². The second-order valence-corrected chi connectivity index (χ2v) is 6.23. The van der Waals surface area contributed by atoms with E-state index in [0.717, 1.165) is 0 Å². The van der Waals surface area contributed by atoms with E-state index in [4.69, 9.17) is 0 Å². The van der Waals surface area contributed by atoms with E-state index >= 15 is 0 Å². The van der Waals surface area contributed by atoms with Crippen LogP contribution in [-0.4, -0.2) is 39.4 Å².